The van der Waals surface area contributed by atoms with E-state index < -0.39 is 11.9 Å². The average molecular weight is 444 g/mol. The normalized spacial score (nSPS) is 14.9. The van der Waals surface area contributed by atoms with Crippen LogP contribution in [0.15, 0.2) is 70.0 Å². The maximum Gasteiger partial charge on any atom is 0.296 e. The van der Waals surface area contributed by atoms with E-state index in [2.05, 4.69) is 4.98 Å². The molecule has 2 aromatic heterocycles. The van der Waals surface area contributed by atoms with Crippen LogP contribution in [0.2, 0.25) is 0 Å². The van der Waals surface area contributed by atoms with Crippen molar-refractivity contribution in [3.05, 3.63) is 87.9 Å². The van der Waals surface area contributed by atoms with E-state index in [4.69, 9.17) is 18.6 Å². The number of carbonyl (C=O) groups excluding carboxylic acids is 1. The van der Waals surface area contributed by atoms with Crippen molar-refractivity contribution in [1.29, 1.82) is 0 Å². The summed E-state index contributed by atoms with van der Waals surface area (Å²) < 4.78 is 22.4. The van der Waals surface area contributed by atoms with E-state index in [1.807, 2.05) is 0 Å². The van der Waals surface area contributed by atoms with Crippen molar-refractivity contribution < 1.29 is 23.4 Å². The summed E-state index contributed by atoms with van der Waals surface area (Å²) in [5, 5.41) is 0.393. The SMILES string of the molecule is COc1cc(C2c3c(oc4ccccc4c3=O)C(=O)N2c2ccccn2)cc(OC)c1OC. The summed E-state index contributed by atoms with van der Waals surface area (Å²) in [6, 6.07) is 14.7. The Bertz CT molecular complexity index is 1410. The fourth-order valence-electron chi connectivity index (χ4n) is 4.23. The van der Waals surface area contributed by atoms with E-state index in [1.54, 1.807) is 60.8 Å². The third kappa shape index (κ3) is 3.10. The van der Waals surface area contributed by atoms with Gasteiger partial charge in [0.05, 0.1) is 38.3 Å². The second-order valence-electron chi connectivity index (χ2n) is 7.39. The molecule has 0 radical (unpaired) electrons. The highest BCUT2D eigenvalue weighted by Crippen LogP contribution is 2.46. The summed E-state index contributed by atoms with van der Waals surface area (Å²) in [6.07, 6.45) is 1.59. The summed E-state index contributed by atoms with van der Waals surface area (Å²) in [6.45, 7) is 0. The third-order valence-electron chi connectivity index (χ3n) is 5.68. The molecule has 5 rings (SSSR count). The van der Waals surface area contributed by atoms with Crippen molar-refractivity contribution in [2.75, 3.05) is 26.2 Å². The van der Waals surface area contributed by atoms with Crippen LogP contribution in [-0.2, 0) is 0 Å². The van der Waals surface area contributed by atoms with Gasteiger partial charge in [-0.3, -0.25) is 14.5 Å². The Kier molecular flexibility index (Phi) is 4.97. The van der Waals surface area contributed by atoms with Crippen LogP contribution in [0.25, 0.3) is 11.0 Å². The standard InChI is InChI=1S/C25H20N2O6/c1-30-17-12-14(13-18(31-2)23(17)32-3)21-20-22(28)15-8-4-5-9-16(15)33-24(20)25(29)27(21)19-10-6-7-11-26-19/h4-13,21H,1-3H3. The maximum absolute atomic E-state index is 13.6. The lowest BCUT2D eigenvalue weighted by Gasteiger charge is -2.25. The van der Waals surface area contributed by atoms with Gasteiger partial charge in [-0.2, -0.15) is 0 Å². The molecule has 1 aliphatic heterocycles. The average Bonchev–Trinajstić information content (AvgIpc) is 3.16. The Balaban J connectivity index is 1.84. The number of anilines is 1. The number of benzene rings is 2. The van der Waals surface area contributed by atoms with Gasteiger partial charge in [0.1, 0.15) is 11.4 Å². The molecule has 3 heterocycles. The number of methoxy groups -OCH3 is 3. The van der Waals surface area contributed by atoms with Crippen LogP contribution in [0.1, 0.15) is 27.7 Å². The van der Waals surface area contributed by atoms with Gasteiger partial charge in [-0.25, -0.2) is 4.98 Å². The van der Waals surface area contributed by atoms with Crippen LogP contribution in [0.3, 0.4) is 0 Å². The molecular weight excluding hydrogens is 424 g/mol. The Morgan fingerprint density at radius 3 is 2.24 bits per heavy atom. The molecule has 0 spiro atoms. The molecule has 8 heteroatoms. The molecule has 1 unspecified atom stereocenters. The molecule has 1 aliphatic rings. The molecule has 2 aromatic carbocycles. The molecule has 8 nitrogen and oxygen atoms in total. The van der Waals surface area contributed by atoms with Gasteiger partial charge < -0.3 is 18.6 Å². The van der Waals surface area contributed by atoms with Crippen LogP contribution in [0.4, 0.5) is 5.82 Å². The highest BCUT2D eigenvalue weighted by molar-refractivity contribution is 6.10. The molecule has 0 N–H and O–H groups in total. The van der Waals surface area contributed by atoms with Gasteiger partial charge in [0.15, 0.2) is 16.9 Å². The van der Waals surface area contributed by atoms with Gasteiger partial charge in [0.25, 0.3) is 5.91 Å². The quantitative estimate of drug-likeness (QED) is 0.460. The second-order valence-corrected chi connectivity index (χ2v) is 7.39. The summed E-state index contributed by atoms with van der Waals surface area (Å²) in [7, 11) is 4.52. The first-order chi connectivity index (χ1) is 16.1. The predicted octanol–water partition coefficient (Wildman–Crippen LogP) is 3.96. The minimum atomic E-state index is -0.808. The zero-order chi connectivity index (χ0) is 23.1. The largest absolute Gasteiger partial charge is 0.493 e. The molecule has 166 valence electrons. The highest BCUT2D eigenvalue weighted by atomic mass is 16.5. The highest BCUT2D eigenvalue weighted by Gasteiger charge is 2.44. The number of carbonyl (C=O) groups is 1. The van der Waals surface area contributed by atoms with Crippen molar-refractivity contribution in [3.8, 4) is 17.2 Å². The van der Waals surface area contributed by atoms with E-state index in [0.717, 1.165) is 0 Å². The topological polar surface area (TPSA) is 91.1 Å². The lowest BCUT2D eigenvalue weighted by molar-refractivity contribution is 0.0970. The van der Waals surface area contributed by atoms with Crippen LogP contribution in [-0.4, -0.2) is 32.2 Å². The number of ether oxygens (including phenoxy) is 3. The van der Waals surface area contributed by atoms with E-state index in [1.165, 1.54) is 26.2 Å². The smallest absolute Gasteiger partial charge is 0.296 e. The monoisotopic (exact) mass is 444 g/mol. The molecular formula is C25H20N2O6. The molecule has 0 fully saturated rings. The molecule has 0 aliphatic carbocycles. The lowest BCUT2D eigenvalue weighted by Crippen LogP contribution is -2.30. The number of fused-ring (bicyclic) bond motifs is 2. The van der Waals surface area contributed by atoms with E-state index in [-0.39, 0.29) is 16.8 Å². The summed E-state index contributed by atoms with van der Waals surface area (Å²) in [4.78, 5) is 33.0. The number of hydrogen-bond donors (Lipinski definition) is 0. The van der Waals surface area contributed by atoms with Gasteiger partial charge in [-0.05, 0) is 42.0 Å². The Morgan fingerprint density at radius 1 is 0.909 bits per heavy atom. The zero-order valence-corrected chi connectivity index (χ0v) is 18.2. The summed E-state index contributed by atoms with van der Waals surface area (Å²) >= 11 is 0. The number of pyridine rings is 1. The first kappa shape index (κ1) is 20.6. The molecule has 1 amide bonds. The Labute approximate surface area is 188 Å². The molecule has 33 heavy (non-hydrogen) atoms. The second kappa shape index (κ2) is 7.98. The minimum Gasteiger partial charge on any atom is -0.493 e. The number of nitrogens with zero attached hydrogens (tertiary/aromatic N) is 2. The maximum atomic E-state index is 13.6. The molecule has 0 bridgehead atoms. The van der Waals surface area contributed by atoms with Crippen molar-refractivity contribution in [2.24, 2.45) is 0 Å². The zero-order valence-electron chi connectivity index (χ0n) is 18.2. The number of rotatable bonds is 5. The van der Waals surface area contributed by atoms with E-state index in [0.29, 0.717) is 39.6 Å². The minimum absolute atomic E-state index is 0.0110. The lowest BCUT2D eigenvalue weighted by atomic mass is 9.97. The van der Waals surface area contributed by atoms with Crippen LogP contribution < -0.4 is 24.5 Å². The van der Waals surface area contributed by atoms with Crippen LogP contribution >= 0.6 is 0 Å². The number of hydrogen-bond acceptors (Lipinski definition) is 7. The predicted molar refractivity (Wildman–Crippen MR) is 121 cm³/mol. The van der Waals surface area contributed by atoms with Crippen molar-refractivity contribution in [3.63, 3.8) is 0 Å². The summed E-state index contributed by atoms with van der Waals surface area (Å²) in [5.74, 6) is 1.13. The first-order valence-electron chi connectivity index (χ1n) is 10.2. The van der Waals surface area contributed by atoms with Crippen molar-refractivity contribution >= 4 is 22.7 Å². The van der Waals surface area contributed by atoms with Gasteiger partial charge in [-0.15, -0.1) is 0 Å². The molecule has 4 aromatic rings. The fraction of sp³-hybridized carbons (Fsp3) is 0.160. The van der Waals surface area contributed by atoms with Crippen LogP contribution in [0, 0.1) is 0 Å². The van der Waals surface area contributed by atoms with E-state index >= 15 is 0 Å². The van der Waals surface area contributed by atoms with Gasteiger partial charge >= 0.3 is 0 Å². The Hall–Kier alpha value is -4.33. The summed E-state index contributed by atoms with van der Waals surface area (Å²) in [5.41, 5.74) is 0.891. The number of aromatic nitrogens is 1. The number of amides is 1. The van der Waals surface area contributed by atoms with Crippen molar-refractivity contribution in [2.45, 2.75) is 6.04 Å². The Morgan fingerprint density at radius 2 is 1.61 bits per heavy atom. The van der Waals surface area contributed by atoms with Gasteiger partial charge in [-0.1, -0.05) is 18.2 Å². The molecule has 0 saturated carbocycles. The van der Waals surface area contributed by atoms with E-state index in [9.17, 15) is 9.59 Å². The number of para-hydroxylation sites is 1. The van der Waals surface area contributed by atoms with Crippen molar-refractivity contribution in [1.82, 2.24) is 4.98 Å². The van der Waals surface area contributed by atoms with Crippen LogP contribution in [0.5, 0.6) is 17.2 Å². The first-order valence-corrected chi connectivity index (χ1v) is 10.2. The third-order valence-corrected chi connectivity index (χ3v) is 5.68. The molecule has 1 atom stereocenters. The molecule has 0 saturated heterocycles. The van der Waals surface area contributed by atoms with Gasteiger partial charge in [0.2, 0.25) is 11.5 Å². The van der Waals surface area contributed by atoms with Gasteiger partial charge in [0, 0.05) is 6.20 Å². The fourth-order valence-corrected chi connectivity index (χ4v) is 4.23.